The molecule has 1 aliphatic carbocycles. The van der Waals surface area contributed by atoms with Crippen molar-refractivity contribution in [2.45, 2.75) is 38.1 Å². The molecule has 1 aromatic carbocycles. The minimum atomic E-state index is -0.574. The first-order valence-corrected chi connectivity index (χ1v) is 13.1. The standard InChI is InChI=1S/C29H33N5O4/c1-29(2)25(15-20-14-19-4-9-28(35)36-23(19)16-24(20)38-29)37-27-17-26(30-18-31-27)32-21-5-7-22(8-6-21)34-12-10-33(3)11-13-34/h4-9,14,16-18,20,24-25H,10-13,15H2,1-3H3,(H,30,31,32)/t20?,24-,25-/m0/s1. The van der Waals surface area contributed by atoms with Crippen molar-refractivity contribution in [3.63, 3.8) is 0 Å². The minimum Gasteiger partial charge on any atom is -0.471 e. The first kappa shape index (κ1) is 24.6. The highest BCUT2D eigenvalue weighted by Gasteiger charge is 2.44. The van der Waals surface area contributed by atoms with Crippen LogP contribution in [0.2, 0.25) is 0 Å². The van der Waals surface area contributed by atoms with Crippen LogP contribution >= 0.6 is 0 Å². The van der Waals surface area contributed by atoms with Gasteiger partial charge in [-0.1, -0.05) is 6.08 Å². The molecule has 1 N–H and O–H groups in total. The molecule has 0 spiro atoms. The van der Waals surface area contributed by atoms with Crippen LogP contribution in [0.4, 0.5) is 17.2 Å². The maximum absolute atomic E-state index is 11.6. The number of nitrogens with one attached hydrogen (secondary N) is 1. The Bertz CT molecular complexity index is 1480. The number of likely N-dealkylation sites (N-methyl/N-ethyl adjacent to an activating group) is 1. The fourth-order valence-corrected chi connectivity index (χ4v) is 5.36. The molecule has 9 nitrogen and oxygen atoms in total. The average molecular weight is 516 g/mol. The highest BCUT2D eigenvalue weighted by Crippen LogP contribution is 2.37. The van der Waals surface area contributed by atoms with E-state index in [1.165, 1.54) is 18.1 Å². The number of benzene rings is 1. The Hall–Kier alpha value is -3.69. The SMILES string of the molecule is CN1CCN(c2ccc(Nc3cc(O[C@H]4CC5C=c6ccc(=O)oc6=C[C@@H]5OC4(C)C)ncn3)cc2)CC1. The number of ether oxygens (including phenoxy) is 2. The fourth-order valence-electron chi connectivity index (χ4n) is 5.36. The van der Waals surface area contributed by atoms with Gasteiger partial charge in [-0.25, -0.2) is 14.8 Å². The zero-order valence-corrected chi connectivity index (χ0v) is 22.0. The number of hydrogen-bond acceptors (Lipinski definition) is 9. The Morgan fingerprint density at radius 2 is 1.82 bits per heavy atom. The molecule has 2 saturated heterocycles. The van der Waals surface area contributed by atoms with E-state index in [1.807, 2.05) is 26.0 Å². The number of fused-ring (bicyclic) bond motifs is 2. The molecule has 4 heterocycles. The van der Waals surface area contributed by atoms with Gasteiger partial charge in [-0.2, -0.15) is 0 Å². The van der Waals surface area contributed by atoms with Crippen LogP contribution in [0.25, 0.3) is 12.2 Å². The van der Waals surface area contributed by atoms with Crippen LogP contribution in [-0.4, -0.2) is 65.9 Å². The van der Waals surface area contributed by atoms with Crippen LogP contribution in [0.15, 0.2) is 58.0 Å². The van der Waals surface area contributed by atoms with Gasteiger partial charge in [0.05, 0.1) is 6.10 Å². The molecule has 198 valence electrons. The zero-order valence-electron chi connectivity index (χ0n) is 22.0. The third-order valence-corrected chi connectivity index (χ3v) is 7.64. The maximum Gasteiger partial charge on any atom is 0.336 e. The number of aromatic nitrogens is 2. The Kier molecular flexibility index (Phi) is 6.41. The van der Waals surface area contributed by atoms with E-state index in [2.05, 4.69) is 62.5 Å². The first-order valence-electron chi connectivity index (χ1n) is 13.1. The molecule has 0 amide bonds. The summed E-state index contributed by atoms with van der Waals surface area (Å²) in [5, 5.41) is 4.27. The Labute approximate surface area is 221 Å². The monoisotopic (exact) mass is 515 g/mol. The molecular weight excluding hydrogens is 482 g/mol. The Morgan fingerprint density at radius 3 is 2.61 bits per heavy atom. The molecule has 9 heteroatoms. The first-order chi connectivity index (χ1) is 18.3. The molecule has 2 fully saturated rings. The van der Waals surface area contributed by atoms with Crippen LogP contribution in [-0.2, 0) is 4.74 Å². The normalized spacial score (nSPS) is 24.4. The fraction of sp³-hybridized carbons (Fsp3) is 0.414. The summed E-state index contributed by atoms with van der Waals surface area (Å²) in [6.45, 7) is 8.27. The summed E-state index contributed by atoms with van der Waals surface area (Å²) in [7, 11) is 2.16. The van der Waals surface area contributed by atoms with Gasteiger partial charge in [-0.05, 0) is 63.7 Å². The Morgan fingerprint density at radius 1 is 1.03 bits per heavy atom. The second-order valence-electron chi connectivity index (χ2n) is 10.8. The van der Waals surface area contributed by atoms with Crippen molar-refractivity contribution in [1.29, 1.82) is 0 Å². The van der Waals surface area contributed by atoms with Crippen LogP contribution in [0.1, 0.15) is 20.3 Å². The molecule has 38 heavy (non-hydrogen) atoms. The molecule has 3 aromatic rings. The molecule has 0 radical (unpaired) electrons. The van der Waals surface area contributed by atoms with Gasteiger partial charge < -0.3 is 29.0 Å². The number of hydrogen-bond donors (Lipinski definition) is 1. The van der Waals surface area contributed by atoms with E-state index < -0.39 is 5.60 Å². The Balaban J connectivity index is 1.14. The second-order valence-corrected chi connectivity index (χ2v) is 10.8. The number of nitrogens with zero attached hydrogens (tertiary/aromatic N) is 4. The summed E-state index contributed by atoms with van der Waals surface area (Å²) < 4.78 is 18.2. The van der Waals surface area contributed by atoms with Crippen molar-refractivity contribution < 1.29 is 13.9 Å². The van der Waals surface area contributed by atoms with Crippen molar-refractivity contribution in [2.75, 3.05) is 43.4 Å². The predicted molar refractivity (Wildman–Crippen MR) is 146 cm³/mol. The zero-order chi connectivity index (χ0) is 26.3. The lowest BCUT2D eigenvalue weighted by atomic mass is 9.82. The second kappa shape index (κ2) is 9.89. The van der Waals surface area contributed by atoms with E-state index in [-0.39, 0.29) is 23.8 Å². The lowest BCUT2D eigenvalue weighted by Crippen LogP contribution is -2.54. The van der Waals surface area contributed by atoms with Crippen molar-refractivity contribution in [2.24, 2.45) is 5.92 Å². The lowest BCUT2D eigenvalue weighted by Gasteiger charge is -2.45. The summed E-state index contributed by atoms with van der Waals surface area (Å²) in [5.41, 5.74) is 1.82. The molecule has 6 rings (SSSR count). The molecule has 0 saturated carbocycles. The predicted octanol–water partition coefficient (Wildman–Crippen LogP) is 2.13. The highest BCUT2D eigenvalue weighted by atomic mass is 16.6. The summed E-state index contributed by atoms with van der Waals surface area (Å²) in [6.07, 6.45) is 5.85. The summed E-state index contributed by atoms with van der Waals surface area (Å²) >= 11 is 0. The summed E-state index contributed by atoms with van der Waals surface area (Å²) in [6, 6.07) is 13.5. The third-order valence-electron chi connectivity index (χ3n) is 7.64. The minimum absolute atomic E-state index is 0.103. The van der Waals surface area contributed by atoms with Gasteiger partial charge in [-0.3, -0.25) is 0 Å². The highest BCUT2D eigenvalue weighted by molar-refractivity contribution is 5.61. The van der Waals surface area contributed by atoms with Gasteiger partial charge in [0, 0.05) is 60.8 Å². The number of anilines is 3. The summed E-state index contributed by atoms with van der Waals surface area (Å²) in [4.78, 5) is 25.2. The molecular formula is C29H33N5O4. The van der Waals surface area contributed by atoms with E-state index in [0.29, 0.717) is 17.1 Å². The lowest BCUT2D eigenvalue weighted by molar-refractivity contribution is -0.156. The smallest absolute Gasteiger partial charge is 0.336 e. The average Bonchev–Trinajstić information content (AvgIpc) is 2.89. The van der Waals surface area contributed by atoms with Gasteiger partial charge in [0.2, 0.25) is 5.88 Å². The van der Waals surface area contributed by atoms with Gasteiger partial charge in [0.25, 0.3) is 0 Å². The van der Waals surface area contributed by atoms with Crippen LogP contribution in [0.3, 0.4) is 0 Å². The molecule has 0 bridgehead atoms. The van der Waals surface area contributed by atoms with Crippen LogP contribution in [0, 0.1) is 5.92 Å². The van der Waals surface area contributed by atoms with Crippen molar-refractivity contribution in [1.82, 2.24) is 14.9 Å². The summed E-state index contributed by atoms with van der Waals surface area (Å²) in [5.74, 6) is 1.26. The maximum atomic E-state index is 11.6. The van der Waals surface area contributed by atoms with Crippen molar-refractivity contribution in [3.05, 3.63) is 69.8 Å². The van der Waals surface area contributed by atoms with Gasteiger partial charge in [0.1, 0.15) is 29.3 Å². The van der Waals surface area contributed by atoms with Crippen LogP contribution < -0.4 is 31.2 Å². The van der Waals surface area contributed by atoms with E-state index in [1.54, 1.807) is 6.07 Å². The van der Waals surface area contributed by atoms with Crippen molar-refractivity contribution in [3.8, 4) is 5.88 Å². The largest absolute Gasteiger partial charge is 0.471 e. The van der Waals surface area contributed by atoms with Gasteiger partial charge >= 0.3 is 5.63 Å². The molecule has 2 aliphatic heterocycles. The van der Waals surface area contributed by atoms with E-state index >= 15 is 0 Å². The third kappa shape index (κ3) is 5.16. The van der Waals surface area contributed by atoms with E-state index in [9.17, 15) is 4.79 Å². The van der Waals surface area contributed by atoms with E-state index in [0.717, 1.165) is 43.5 Å². The number of rotatable bonds is 5. The van der Waals surface area contributed by atoms with E-state index in [4.69, 9.17) is 13.9 Å². The molecule has 1 unspecified atom stereocenters. The molecule has 3 aliphatic rings. The van der Waals surface area contributed by atoms with Crippen molar-refractivity contribution >= 4 is 29.3 Å². The van der Waals surface area contributed by atoms with Gasteiger partial charge in [-0.15, -0.1) is 0 Å². The molecule has 2 aromatic heterocycles. The number of piperazine rings is 1. The molecule has 3 atom stereocenters. The quantitative estimate of drug-likeness (QED) is 0.549. The van der Waals surface area contributed by atoms with Gasteiger partial charge in [0.15, 0.2) is 0 Å². The van der Waals surface area contributed by atoms with Crippen LogP contribution in [0.5, 0.6) is 5.88 Å². The topological polar surface area (TPSA) is 93.0 Å².